The van der Waals surface area contributed by atoms with Crippen molar-refractivity contribution in [1.29, 1.82) is 0 Å². The predicted octanol–water partition coefficient (Wildman–Crippen LogP) is 2.53. The quantitative estimate of drug-likeness (QED) is 0.844. The molecule has 3 rings (SSSR count). The van der Waals surface area contributed by atoms with Crippen molar-refractivity contribution >= 4 is 5.97 Å². The van der Waals surface area contributed by atoms with Crippen molar-refractivity contribution in [2.24, 2.45) is 5.92 Å². The number of piperidine rings is 1. The molecule has 2 heterocycles. The van der Waals surface area contributed by atoms with Crippen LogP contribution in [0.25, 0.3) is 0 Å². The number of benzene rings is 1. The van der Waals surface area contributed by atoms with Gasteiger partial charge < -0.3 is 10.1 Å². The summed E-state index contributed by atoms with van der Waals surface area (Å²) in [5, 5.41) is 3.49. The summed E-state index contributed by atoms with van der Waals surface area (Å²) < 4.78 is 18.8. The Kier molecular flexibility index (Phi) is 3.50. The lowest BCUT2D eigenvalue weighted by molar-refractivity contribution is -0.148. The van der Waals surface area contributed by atoms with Crippen molar-refractivity contribution in [2.75, 3.05) is 7.11 Å². The molecule has 0 unspecified atom stereocenters. The van der Waals surface area contributed by atoms with Crippen molar-refractivity contribution in [2.45, 2.75) is 44.2 Å². The van der Waals surface area contributed by atoms with Crippen LogP contribution in [0.5, 0.6) is 0 Å². The zero-order valence-electron chi connectivity index (χ0n) is 11.9. The van der Waals surface area contributed by atoms with Crippen LogP contribution in [0.2, 0.25) is 0 Å². The van der Waals surface area contributed by atoms with Crippen LogP contribution in [0, 0.1) is 18.7 Å². The lowest BCUT2D eigenvalue weighted by Crippen LogP contribution is -2.48. The first-order valence-corrected chi connectivity index (χ1v) is 7.20. The van der Waals surface area contributed by atoms with Crippen LogP contribution in [-0.2, 0) is 9.53 Å². The molecule has 2 fully saturated rings. The number of ether oxygens (including phenoxy) is 1. The monoisotopic (exact) mass is 276 g/mol. The lowest BCUT2D eigenvalue weighted by atomic mass is 9.77. The fraction of sp³-hybridized carbons (Fsp3) is 0.562. The van der Waals surface area contributed by atoms with Crippen LogP contribution in [0.3, 0.4) is 0 Å². The van der Waals surface area contributed by atoms with E-state index in [1.54, 1.807) is 19.1 Å². The Hall–Kier alpha value is -1.42. The summed E-state index contributed by atoms with van der Waals surface area (Å²) >= 11 is 0. The van der Waals surface area contributed by atoms with Gasteiger partial charge in [0.1, 0.15) is 5.82 Å². The van der Waals surface area contributed by atoms with E-state index >= 15 is 0 Å². The minimum absolute atomic E-state index is 0.0521. The molecule has 0 saturated carbocycles. The topological polar surface area (TPSA) is 38.3 Å². The highest BCUT2D eigenvalue weighted by Gasteiger charge is 2.46. The number of carbonyl (C=O) groups is 1. The van der Waals surface area contributed by atoms with Crippen molar-refractivity contribution < 1.29 is 13.9 Å². The molecule has 0 aromatic heterocycles. The maximum atomic E-state index is 13.8. The first-order valence-electron chi connectivity index (χ1n) is 7.20. The summed E-state index contributed by atoms with van der Waals surface area (Å²) in [5.41, 5.74) is 1.56. The van der Waals surface area contributed by atoms with Crippen molar-refractivity contribution in [3.63, 3.8) is 0 Å². The summed E-state index contributed by atoms with van der Waals surface area (Å²) in [4.78, 5) is 12.1. The number of rotatable bonds is 2. The van der Waals surface area contributed by atoms with Crippen LogP contribution in [-0.4, -0.2) is 25.2 Å². The number of fused-ring (bicyclic) bond motifs is 2. The molecular weight excluding hydrogens is 256 g/mol. The van der Waals surface area contributed by atoms with Crippen LogP contribution in [0.1, 0.15) is 36.3 Å². The highest BCUT2D eigenvalue weighted by Crippen LogP contribution is 2.42. The number of aryl methyl sites for hydroxylation is 1. The van der Waals surface area contributed by atoms with Gasteiger partial charge in [-0.2, -0.15) is 0 Å². The van der Waals surface area contributed by atoms with Gasteiger partial charge in [0, 0.05) is 18.0 Å². The Bertz CT molecular complexity index is 531. The molecule has 0 spiro atoms. The molecule has 3 nitrogen and oxygen atoms in total. The average Bonchev–Trinajstić information content (AvgIpc) is 2.82. The number of esters is 1. The lowest BCUT2D eigenvalue weighted by Gasteiger charge is -2.36. The zero-order chi connectivity index (χ0) is 14.3. The van der Waals surface area contributed by atoms with E-state index in [2.05, 4.69) is 5.32 Å². The summed E-state index contributed by atoms with van der Waals surface area (Å²) in [6.07, 6.45) is 2.96. The Morgan fingerprint density at radius 3 is 2.90 bits per heavy atom. The molecule has 0 radical (unpaired) electrons. The van der Waals surface area contributed by atoms with Crippen molar-refractivity contribution in [3.05, 3.63) is 35.1 Å². The highest BCUT2D eigenvalue weighted by molar-refractivity contribution is 5.75. The van der Waals surface area contributed by atoms with Gasteiger partial charge in [0.05, 0.1) is 13.0 Å². The number of hydrogen-bond donors (Lipinski definition) is 1. The average molecular weight is 276 g/mol. The van der Waals surface area contributed by atoms with Gasteiger partial charge in [-0.25, -0.2) is 4.39 Å². The molecule has 4 atom stereocenters. The summed E-state index contributed by atoms with van der Waals surface area (Å²) in [5.74, 6) is -0.539. The zero-order valence-corrected chi connectivity index (χ0v) is 11.9. The van der Waals surface area contributed by atoms with Gasteiger partial charge in [0.2, 0.25) is 0 Å². The second kappa shape index (κ2) is 5.17. The number of methoxy groups -OCH3 is 1. The Morgan fingerprint density at radius 2 is 2.20 bits per heavy atom. The predicted molar refractivity (Wildman–Crippen MR) is 73.9 cm³/mol. The Morgan fingerprint density at radius 1 is 1.40 bits per heavy atom. The molecule has 2 aliphatic rings. The first kappa shape index (κ1) is 13.6. The number of nitrogens with one attached hydrogen (secondary N) is 1. The fourth-order valence-electron chi connectivity index (χ4n) is 3.70. The van der Waals surface area contributed by atoms with E-state index < -0.39 is 0 Å². The third-order valence-electron chi connectivity index (χ3n) is 4.78. The third-order valence-corrected chi connectivity index (χ3v) is 4.78. The van der Waals surface area contributed by atoms with Crippen LogP contribution >= 0.6 is 0 Å². The van der Waals surface area contributed by atoms with Crippen molar-refractivity contribution in [1.82, 2.24) is 5.32 Å². The highest BCUT2D eigenvalue weighted by atomic mass is 19.1. The molecule has 2 aliphatic heterocycles. The molecule has 1 aromatic rings. The summed E-state index contributed by atoms with van der Waals surface area (Å²) in [7, 11) is 1.43. The number of hydrogen-bond acceptors (Lipinski definition) is 3. The largest absolute Gasteiger partial charge is 0.469 e. The van der Waals surface area contributed by atoms with E-state index in [1.165, 1.54) is 7.11 Å². The Labute approximate surface area is 118 Å². The molecule has 1 N–H and O–H groups in total. The maximum absolute atomic E-state index is 13.8. The van der Waals surface area contributed by atoms with E-state index in [-0.39, 0.29) is 29.7 Å². The van der Waals surface area contributed by atoms with E-state index in [4.69, 9.17) is 4.74 Å². The maximum Gasteiger partial charge on any atom is 0.310 e. The van der Waals surface area contributed by atoms with Crippen LogP contribution in [0.4, 0.5) is 4.39 Å². The van der Waals surface area contributed by atoms with Gasteiger partial charge in [-0.1, -0.05) is 12.1 Å². The van der Waals surface area contributed by atoms with Crippen LogP contribution in [0.15, 0.2) is 18.2 Å². The van der Waals surface area contributed by atoms with Crippen molar-refractivity contribution in [3.8, 4) is 0 Å². The summed E-state index contributed by atoms with van der Waals surface area (Å²) in [6.45, 7) is 1.75. The minimum atomic E-state index is -0.208. The molecule has 0 aliphatic carbocycles. The molecule has 108 valence electrons. The molecule has 20 heavy (non-hydrogen) atoms. The number of halogens is 1. The normalized spacial score (nSPS) is 32.1. The SMILES string of the molecule is Cc1ccc([C@@H]2C[C@H]3CC[C@@H](N3)[C@H]2C(=O)O[11CH3])cc1F. The van der Waals surface area contributed by atoms with Gasteiger partial charge in [-0.15, -0.1) is 0 Å². The smallest absolute Gasteiger partial charge is 0.310 e. The molecular formula is C16H20FNO2. The van der Waals surface area contributed by atoms with Gasteiger partial charge in [0.25, 0.3) is 0 Å². The van der Waals surface area contributed by atoms with E-state index in [0.29, 0.717) is 11.6 Å². The fourth-order valence-corrected chi connectivity index (χ4v) is 3.70. The molecule has 0 amide bonds. The molecule has 2 saturated heterocycles. The molecule has 4 heteroatoms. The van der Waals surface area contributed by atoms with E-state index in [0.717, 1.165) is 24.8 Å². The Balaban J connectivity index is 1.96. The minimum Gasteiger partial charge on any atom is -0.469 e. The summed E-state index contributed by atoms with van der Waals surface area (Å²) in [6, 6.07) is 5.93. The first-order chi connectivity index (χ1) is 9.60. The molecule has 2 bridgehead atoms. The second-order valence-corrected chi connectivity index (χ2v) is 5.95. The second-order valence-electron chi connectivity index (χ2n) is 5.95. The third kappa shape index (κ3) is 2.22. The van der Waals surface area contributed by atoms with Gasteiger partial charge in [-0.3, -0.25) is 4.79 Å². The molecule has 1 aromatic carbocycles. The standard InChI is InChI=1S/C16H20FNO2/c1-9-3-4-10(7-13(9)17)12-8-11-5-6-14(18-11)15(12)16(19)20-2/h3-4,7,11-12,14-15,18H,5-6,8H2,1-2H3/t11-,12+,14-,15+/m1/s1/i2-1. The van der Waals surface area contributed by atoms with Crippen LogP contribution < -0.4 is 5.32 Å². The van der Waals surface area contributed by atoms with Gasteiger partial charge in [-0.05, 0) is 43.4 Å². The van der Waals surface area contributed by atoms with E-state index in [1.807, 2.05) is 6.07 Å². The van der Waals surface area contributed by atoms with Gasteiger partial charge in [0.15, 0.2) is 0 Å². The van der Waals surface area contributed by atoms with Gasteiger partial charge >= 0.3 is 5.97 Å². The number of carbonyl (C=O) groups excluding carboxylic acids is 1. The van der Waals surface area contributed by atoms with E-state index in [9.17, 15) is 9.18 Å².